The number of carbonyl (C=O) groups is 1. The molecule has 0 radical (unpaired) electrons. The van der Waals surface area contributed by atoms with Gasteiger partial charge in [0.1, 0.15) is 5.69 Å². The van der Waals surface area contributed by atoms with Gasteiger partial charge in [0.25, 0.3) is 0 Å². The Morgan fingerprint density at radius 2 is 2.38 bits per heavy atom. The fraction of sp³-hybridized carbons (Fsp3) is 0.667. The number of ketones is 1. The summed E-state index contributed by atoms with van der Waals surface area (Å²) in [6, 6.07) is 0.589. The highest BCUT2D eigenvalue weighted by atomic mass is 32.1. The molecule has 1 fully saturated rings. The van der Waals surface area contributed by atoms with Crippen LogP contribution < -0.4 is 4.90 Å². The number of thiazole rings is 1. The third-order valence-electron chi connectivity index (χ3n) is 3.17. The van der Waals surface area contributed by atoms with Crippen LogP contribution in [0.5, 0.6) is 0 Å². The molecule has 16 heavy (non-hydrogen) atoms. The largest absolute Gasteiger partial charge is 0.345 e. The van der Waals surface area contributed by atoms with Gasteiger partial charge < -0.3 is 4.90 Å². The summed E-state index contributed by atoms with van der Waals surface area (Å²) in [5.41, 5.74) is 0.606. The van der Waals surface area contributed by atoms with Crippen LogP contribution in [0.4, 0.5) is 5.13 Å². The molecule has 1 aliphatic rings. The van der Waals surface area contributed by atoms with Gasteiger partial charge in [-0.15, -0.1) is 11.3 Å². The van der Waals surface area contributed by atoms with Gasteiger partial charge in [0.05, 0.1) is 0 Å². The molecule has 1 atom stereocenters. The third kappa shape index (κ3) is 2.12. The summed E-state index contributed by atoms with van der Waals surface area (Å²) in [7, 11) is 0. The minimum absolute atomic E-state index is 0.0581. The molecule has 0 saturated carbocycles. The Kier molecular flexibility index (Phi) is 3.28. The summed E-state index contributed by atoms with van der Waals surface area (Å²) < 4.78 is 0. The first-order chi connectivity index (χ1) is 7.59. The smallest absolute Gasteiger partial charge is 0.186 e. The van der Waals surface area contributed by atoms with Crippen LogP contribution >= 0.6 is 11.3 Å². The van der Waals surface area contributed by atoms with Crippen molar-refractivity contribution < 1.29 is 4.79 Å². The van der Waals surface area contributed by atoms with E-state index >= 15 is 0 Å². The van der Waals surface area contributed by atoms with Crippen LogP contribution in [0.25, 0.3) is 0 Å². The first kappa shape index (κ1) is 11.6. The summed E-state index contributed by atoms with van der Waals surface area (Å²) in [5.74, 6) is 0.704. The van der Waals surface area contributed by atoms with E-state index in [1.54, 1.807) is 18.3 Å². The topological polar surface area (TPSA) is 33.2 Å². The van der Waals surface area contributed by atoms with Crippen molar-refractivity contribution in [3.63, 3.8) is 0 Å². The second-order valence-corrected chi connectivity index (χ2v) is 5.56. The Hall–Kier alpha value is -0.900. The summed E-state index contributed by atoms with van der Waals surface area (Å²) in [4.78, 5) is 18.0. The van der Waals surface area contributed by atoms with E-state index in [4.69, 9.17) is 0 Å². The Morgan fingerprint density at radius 1 is 1.62 bits per heavy atom. The van der Waals surface area contributed by atoms with Crippen LogP contribution in [0.15, 0.2) is 5.38 Å². The lowest BCUT2D eigenvalue weighted by atomic mass is 10.0. The van der Waals surface area contributed by atoms with E-state index in [-0.39, 0.29) is 5.78 Å². The maximum Gasteiger partial charge on any atom is 0.186 e. The van der Waals surface area contributed by atoms with Gasteiger partial charge in [0, 0.05) is 24.9 Å². The van der Waals surface area contributed by atoms with Gasteiger partial charge in [-0.05, 0) is 18.8 Å². The van der Waals surface area contributed by atoms with E-state index in [2.05, 4.69) is 23.7 Å². The molecule has 0 aromatic carbocycles. The number of Topliss-reactive ketones (excluding diaryl/α,β-unsaturated/α-hetero) is 1. The van der Waals surface area contributed by atoms with Crippen LogP contribution in [0.3, 0.4) is 0 Å². The monoisotopic (exact) mass is 238 g/mol. The second kappa shape index (κ2) is 4.53. The van der Waals surface area contributed by atoms with Gasteiger partial charge in [0.15, 0.2) is 10.9 Å². The van der Waals surface area contributed by atoms with Crippen molar-refractivity contribution in [3.8, 4) is 0 Å². The standard InChI is InChI=1S/C12H18N2OS/c1-8(2)11-5-4-6-14(11)12-13-10(7-16-12)9(3)15/h7-8,11H,4-6H2,1-3H3. The molecule has 0 bridgehead atoms. The quantitative estimate of drug-likeness (QED) is 0.759. The van der Waals surface area contributed by atoms with Crippen LogP contribution in [0, 0.1) is 5.92 Å². The molecule has 3 nitrogen and oxygen atoms in total. The normalized spacial score (nSPS) is 20.8. The van der Waals surface area contributed by atoms with E-state index in [9.17, 15) is 4.79 Å². The maximum absolute atomic E-state index is 11.2. The minimum Gasteiger partial charge on any atom is -0.345 e. The van der Waals surface area contributed by atoms with E-state index < -0.39 is 0 Å². The van der Waals surface area contributed by atoms with Gasteiger partial charge in [-0.2, -0.15) is 0 Å². The molecule has 1 unspecified atom stereocenters. The SMILES string of the molecule is CC(=O)c1csc(N2CCCC2C(C)C)n1. The first-order valence-electron chi connectivity index (χ1n) is 5.82. The van der Waals surface area contributed by atoms with Crippen molar-refractivity contribution in [2.45, 2.75) is 39.7 Å². The van der Waals surface area contributed by atoms with Crippen molar-refractivity contribution in [1.82, 2.24) is 4.98 Å². The number of rotatable bonds is 3. The molecule has 1 aromatic rings. The Bertz CT molecular complexity index is 386. The highest BCUT2D eigenvalue weighted by molar-refractivity contribution is 7.14. The van der Waals surface area contributed by atoms with E-state index in [0.29, 0.717) is 17.7 Å². The summed E-state index contributed by atoms with van der Waals surface area (Å²) in [6.45, 7) is 7.15. The lowest BCUT2D eigenvalue weighted by Crippen LogP contribution is -2.33. The van der Waals surface area contributed by atoms with E-state index in [1.807, 2.05) is 5.38 Å². The predicted molar refractivity (Wildman–Crippen MR) is 67.3 cm³/mol. The highest BCUT2D eigenvalue weighted by Gasteiger charge is 2.29. The van der Waals surface area contributed by atoms with Crippen molar-refractivity contribution in [1.29, 1.82) is 0 Å². The molecule has 4 heteroatoms. The lowest BCUT2D eigenvalue weighted by Gasteiger charge is -2.27. The molecule has 88 valence electrons. The maximum atomic E-state index is 11.2. The number of hydrogen-bond acceptors (Lipinski definition) is 4. The number of carbonyl (C=O) groups excluding carboxylic acids is 1. The summed E-state index contributed by atoms with van der Waals surface area (Å²) >= 11 is 1.59. The number of aromatic nitrogens is 1. The van der Waals surface area contributed by atoms with Gasteiger partial charge in [-0.25, -0.2) is 4.98 Å². The lowest BCUT2D eigenvalue weighted by molar-refractivity contribution is 0.101. The molecular formula is C12H18N2OS. The van der Waals surface area contributed by atoms with Crippen molar-refractivity contribution in [3.05, 3.63) is 11.1 Å². The summed E-state index contributed by atoms with van der Waals surface area (Å²) in [5, 5.41) is 2.88. The Labute approximate surface area is 100 Å². The number of nitrogens with zero attached hydrogens (tertiary/aromatic N) is 2. The first-order valence-corrected chi connectivity index (χ1v) is 6.70. The van der Waals surface area contributed by atoms with Gasteiger partial charge in [-0.3, -0.25) is 4.79 Å². The fourth-order valence-corrected chi connectivity index (χ4v) is 3.23. The minimum atomic E-state index is 0.0581. The Morgan fingerprint density at radius 3 is 2.94 bits per heavy atom. The molecule has 1 aliphatic heterocycles. The van der Waals surface area contributed by atoms with Gasteiger partial charge >= 0.3 is 0 Å². The van der Waals surface area contributed by atoms with Crippen LogP contribution in [-0.2, 0) is 0 Å². The van der Waals surface area contributed by atoms with Crippen molar-refractivity contribution in [2.75, 3.05) is 11.4 Å². The zero-order valence-electron chi connectivity index (χ0n) is 10.1. The predicted octanol–water partition coefficient (Wildman–Crippen LogP) is 2.97. The summed E-state index contributed by atoms with van der Waals surface area (Å²) in [6.07, 6.45) is 2.48. The van der Waals surface area contributed by atoms with Crippen molar-refractivity contribution >= 4 is 22.3 Å². The number of hydrogen-bond donors (Lipinski definition) is 0. The molecule has 2 rings (SSSR count). The molecular weight excluding hydrogens is 220 g/mol. The van der Waals surface area contributed by atoms with Crippen LogP contribution in [-0.4, -0.2) is 23.4 Å². The average molecular weight is 238 g/mol. The van der Waals surface area contributed by atoms with Crippen LogP contribution in [0.1, 0.15) is 44.1 Å². The Balaban J connectivity index is 2.19. The molecule has 1 aromatic heterocycles. The van der Waals surface area contributed by atoms with Gasteiger partial charge in [0.2, 0.25) is 0 Å². The zero-order valence-corrected chi connectivity index (χ0v) is 10.9. The van der Waals surface area contributed by atoms with E-state index in [0.717, 1.165) is 11.7 Å². The number of anilines is 1. The third-order valence-corrected chi connectivity index (χ3v) is 4.04. The molecule has 0 aliphatic carbocycles. The fourth-order valence-electron chi connectivity index (χ4n) is 2.28. The average Bonchev–Trinajstić information content (AvgIpc) is 2.86. The molecule has 1 saturated heterocycles. The molecule has 0 N–H and O–H groups in total. The highest BCUT2D eigenvalue weighted by Crippen LogP contribution is 2.31. The molecule has 2 heterocycles. The van der Waals surface area contributed by atoms with Crippen molar-refractivity contribution in [2.24, 2.45) is 5.92 Å². The molecule has 0 amide bonds. The zero-order chi connectivity index (χ0) is 11.7. The van der Waals surface area contributed by atoms with Crippen LogP contribution in [0.2, 0.25) is 0 Å². The second-order valence-electron chi connectivity index (χ2n) is 4.72. The molecule has 0 spiro atoms. The van der Waals surface area contributed by atoms with E-state index in [1.165, 1.54) is 12.8 Å². The van der Waals surface area contributed by atoms with Gasteiger partial charge in [-0.1, -0.05) is 13.8 Å².